The van der Waals surface area contributed by atoms with Crippen LogP contribution in [0.25, 0.3) is 10.9 Å². The number of hydrogen-bond donors (Lipinski definition) is 4. The maximum atomic E-state index is 14.8. The second-order valence-electron chi connectivity index (χ2n) is 9.12. The van der Waals surface area contributed by atoms with Gasteiger partial charge in [-0.15, -0.1) is 0 Å². The Hall–Kier alpha value is -3.54. The number of primary amides is 1. The molecule has 2 aromatic heterocycles. The van der Waals surface area contributed by atoms with Crippen LogP contribution in [-0.4, -0.2) is 61.0 Å². The van der Waals surface area contributed by atoms with E-state index in [0.29, 0.717) is 50.1 Å². The molecule has 38 heavy (non-hydrogen) atoms. The highest BCUT2D eigenvalue weighted by Gasteiger charge is 2.24. The Morgan fingerprint density at radius 3 is 2.58 bits per heavy atom. The summed E-state index contributed by atoms with van der Waals surface area (Å²) in [5, 5.41) is 7.11. The van der Waals surface area contributed by atoms with Gasteiger partial charge in [0.1, 0.15) is 12.4 Å². The summed E-state index contributed by atoms with van der Waals surface area (Å²) in [5.74, 6) is -0.834. The third-order valence-electron chi connectivity index (χ3n) is 6.37. The van der Waals surface area contributed by atoms with Gasteiger partial charge in [-0.25, -0.2) is 14.4 Å². The van der Waals surface area contributed by atoms with Gasteiger partial charge in [0.05, 0.1) is 30.9 Å². The average molecular weight is 527 g/mol. The quantitative estimate of drug-likeness (QED) is 0.245. The lowest BCUT2D eigenvalue weighted by Gasteiger charge is -2.30. The SMILES string of the molecule is CCOCCOCCOc1ccc2ccc(Nc3nc(NC4CCCC[C@@H]4N)c(F)cc3C(N)=O)cc2n1. The van der Waals surface area contributed by atoms with Gasteiger partial charge in [-0.05, 0) is 44.0 Å². The van der Waals surface area contributed by atoms with Gasteiger partial charge in [-0.3, -0.25) is 4.79 Å². The Morgan fingerprint density at radius 1 is 1.03 bits per heavy atom. The van der Waals surface area contributed by atoms with Crippen LogP contribution in [0, 0.1) is 5.82 Å². The Morgan fingerprint density at radius 2 is 1.79 bits per heavy atom. The van der Waals surface area contributed by atoms with E-state index in [1.807, 2.05) is 25.1 Å². The molecule has 2 atom stereocenters. The summed E-state index contributed by atoms with van der Waals surface area (Å²) in [6.07, 6.45) is 3.74. The number of benzene rings is 1. The minimum Gasteiger partial charge on any atom is -0.475 e. The minimum atomic E-state index is -0.794. The first-order valence-corrected chi connectivity index (χ1v) is 12.9. The number of aromatic nitrogens is 2. The summed E-state index contributed by atoms with van der Waals surface area (Å²) in [6, 6.07) is 10.1. The molecule has 0 saturated heterocycles. The zero-order chi connectivity index (χ0) is 26.9. The van der Waals surface area contributed by atoms with E-state index in [1.165, 1.54) is 0 Å². The largest absolute Gasteiger partial charge is 0.475 e. The number of hydrogen-bond acceptors (Lipinski definition) is 9. The van der Waals surface area contributed by atoms with Crippen molar-refractivity contribution in [3.63, 3.8) is 0 Å². The molecule has 3 aromatic rings. The molecule has 1 unspecified atom stereocenters. The van der Waals surface area contributed by atoms with E-state index in [2.05, 4.69) is 20.6 Å². The van der Waals surface area contributed by atoms with Crippen LogP contribution in [0.5, 0.6) is 5.88 Å². The smallest absolute Gasteiger partial charge is 0.252 e. The van der Waals surface area contributed by atoms with Crippen molar-refractivity contribution < 1.29 is 23.4 Å². The summed E-state index contributed by atoms with van der Waals surface area (Å²) in [7, 11) is 0. The number of fused-ring (bicyclic) bond motifs is 1. The fourth-order valence-corrected chi connectivity index (χ4v) is 4.35. The molecule has 1 aliphatic carbocycles. The van der Waals surface area contributed by atoms with Crippen molar-refractivity contribution in [2.75, 3.05) is 43.7 Å². The van der Waals surface area contributed by atoms with Gasteiger partial charge in [0, 0.05) is 35.8 Å². The predicted octanol–water partition coefficient (Wildman–Crippen LogP) is 3.73. The molecule has 1 aromatic carbocycles. The fourth-order valence-electron chi connectivity index (χ4n) is 4.35. The molecule has 4 rings (SSSR count). The molecule has 1 fully saturated rings. The summed E-state index contributed by atoms with van der Waals surface area (Å²) in [4.78, 5) is 21.0. The van der Waals surface area contributed by atoms with Crippen molar-refractivity contribution in [1.29, 1.82) is 0 Å². The van der Waals surface area contributed by atoms with Crippen molar-refractivity contribution in [2.45, 2.75) is 44.7 Å². The molecule has 1 aliphatic rings. The Labute approximate surface area is 221 Å². The van der Waals surface area contributed by atoms with E-state index in [1.54, 1.807) is 12.1 Å². The highest BCUT2D eigenvalue weighted by atomic mass is 19.1. The molecule has 0 radical (unpaired) electrons. The molecule has 0 spiro atoms. The minimum absolute atomic E-state index is 0.0259. The van der Waals surface area contributed by atoms with Gasteiger partial charge in [0.2, 0.25) is 5.88 Å². The van der Waals surface area contributed by atoms with Crippen LogP contribution in [0.15, 0.2) is 36.4 Å². The number of amides is 1. The highest BCUT2D eigenvalue weighted by molar-refractivity contribution is 5.99. The van der Waals surface area contributed by atoms with Crippen molar-refractivity contribution in [2.24, 2.45) is 11.5 Å². The van der Waals surface area contributed by atoms with Crippen LogP contribution in [0.1, 0.15) is 43.0 Å². The van der Waals surface area contributed by atoms with Crippen LogP contribution in [0.4, 0.5) is 21.7 Å². The van der Waals surface area contributed by atoms with E-state index in [-0.39, 0.29) is 29.3 Å². The van der Waals surface area contributed by atoms with Crippen molar-refractivity contribution in [3.8, 4) is 5.88 Å². The van der Waals surface area contributed by atoms with Gasteiger partial charge >= 0.3 is 0 Å². The molecule has 0 bridgehead atoms. The van der Waals surface area contributed by atoms with Crippen LogP contribution < -0.4 is 26.8 Å². The predicted molar refractivity (Wildman–Crippen MR) is 144 cm³/mol. The fraction of sp³-hybridized carbons (Fsp3) is 0.444. The molecule has 10 nitrogen and oxygen atoms in total. The van der Waals surface area contributed by atoms with Crippen LogP contribution in [0.3, 0.4) is 0 Å². The number of nitrogens with two attached hydrogens (primary N) is 2. The lowest BCUT2D eigenvalue weighted by Crippen LogP contribution is -2.43. The molecule has 2 heterocycles. The van der Waals surface area contributed by atoms with E-state index in [0.717, 1.165) is 37.1 Å². The van der Waals surface area contributed by atoms with Crippen LogP contribution >= 0.6 is 0 Å². The first-order valence-electron chi connectivity index (χ1n) is 12.9. The summed E-state index contributed by atoms with van der Waals surface area (Å²) >= 11 is 0. The average Bonchev–Trinajstić information content (AvgIpc) is 2.90. The van der Waals surface area contributed by atoms with Crippen molar-refractivity contribution in [1.82, 2.24) is 9.97 Å². The number of halogens is 1. The summed E-state index contributed by atoms with van der Waals surface area (Å²) in [6.45, 7) is 4.42. The monoisotopic (exact) mass is 526 g/mol. The lowest BCUT2D eigenvalue weighted by molar-refractivity contribution is 0.0399. The van der Waals surface area contributed by atoms with Gasteiger partial charge in [-0.1, -0.05) is 18.9 Å². The van der Waals surface area contributed by atoms with Crippen molar-refractivity contribution >= 4 is 34.1 Å². The maximum absolute atomic E-state index is 14.8. The maximum Gasteiger partial charge on any atom is 0.252 e. The summed E-state index contributed by atoms with van der Waals surface area (Å²) < 4.78 is 31.2. The first kappa shape index (κ1) is 27.5. The third-order valence-corrected chi connectivity index (χ3v) is 6.37. The van der Waals surface area contributed by atoms with Gasteiger partial charge in [-0.2, -0.15) is 0 Å². The van der Waals surface area contributed by atoms with E-state index in [4.69, 9.17) is 25.7 Å². The van der Waals surface area contributed by atoms with Gasteiger partial charge < -0.3 is 36.3 Å². The Kier molecular flexibility index (Phi) is 9.63. The zero-order valence-corrected chi connectivity index (χ0v) is 21.5. The Balaban J connectivity index is 1.48. The summed E-state index contributed by atoms with van der Waals surface area (Å²) in [5.41, 5.74) is 12.9. The van der Waals surface area contributed by atoms with E-state index in [9.17, 15) is 9.18 Å². The first-order chi connectivity index (χ1) is 18.4. The molecule has 1 amide bonds. The molecular formula is C27H35FN6O4. The highest BCUT2D eigenvalue weighted by Crippen LogP contribution is 2.28. The van der Waals surface area contributed by atoms with E-state index < -0.39 is 11.7 Å². The number of ether oxygens (including phenoxy) is 3. The lowest BCUT2D eigenvalue weighted by atomic mass is 9.91. The normalized spacial score (nSPS) is 17.3. The second kappa shape index (κ2) is 13.3. The molecule has 204 valence electrons. The molecule has 11 heteroatoms. The number of nitrogens with one attached hydrogen (secondary N) is 2. The van der Waals surface area contributed by atoms with Gasteiger partial charge in [0.15, 0.2) is 11.6 Å². The second-order valence-corrected chi connectivity index (χ2v) is 9.12. The van der Waals surface area contributed by atoms with Crippen molar-refractivity contribution in [3.05, 3.63) is 47.8 Å². The molecule has 1 saturated carbocycles. The molecular weight excluding hydrogens is 491 g/mol. The topological polar surface area (TPSA) is 147 Å². The Bertz CT molecular complexity index is 1240. The number of anilines is 3. The third kappa shape index (κ3) is 7.27. The molecule has 0 aliphatic heterocycles. The van der Waals surface area contributed by atoms with Crippen LogP contribution in [0.2, 0.25) is 0 Å². The van der Waals surface area contributed by atoms with E-state index >= 15 is 0 Å². The van der Waals surface area contributed by atoms with Crippen LogP contribution in [-0.2, 0) is 9.47 Å². The standard InChI is InChI=1S/C27H35FN6O4/c1-2-36-11-12-37-13-14-38-24-10-8-17-7-9-18(15-23(17)32-24)31-26-19(25(30)35)16-20(28)27(34-26)33-22-6-4-3-5-21(22)29/h7-10,15-16,21-22H,2-6,11-14,29H2,1H3,(H2,30,35)(H2,31,33,34)/t21-,22?/m0/s1. The number of rotatable bonds is 13. The molecule has 6 N–H and O–H groups in total. The number of pyridine rings is 2. The number of carbonyl (C=O) groups is 1. The number of carbonyl (C=O) groups excluding carboxylic acids is 1. The van der Waals surface area contributed by atoms with Gasteiger partial charge in [0.25, 0.3) is 5.91 Å². The number of nitrogens with zero attached hydrogens (tertiary/aromatic N) is 2. The zero-order valence-electron chi connectivity index (χ0n) is 21.5.